The minimum Gasteiger partial charge on any atom is -0.424 e. The van der Waals surface area contributed by atoms with E-state index < -0.39 is 11.9 Å². The van der Waals surface area contributed by atoms with Crippen LogP contribution in [0.3, 0.4) is 0 Å². The van der Waals surface area contributed by atoms with Crippen LogP contribution in [-0.4, -0.2) is 23.7 Å². The molecule has 0 fully saturated rings. The molecule has 0 aliphatic carbocycles. The molecule has 0 bridgehead atoms. The van der Waals surface area contributed by atoms with E-state index >= 15 is 0 Å². The zero-order valence-corrected chi connectivity index (χ0v) is 19.6. The van der Waals surface area contributed by atoms with Gasteiger partial charge in [0.15, 0.2) is 11.4 Å². The highest BCUT2D eigenvalue weighted by Crippen LogP contribution is 2.30. The third-order valence-electron chi connectivity index (χ3n) is 3.64. The van der Waals surface area contributed by atoms with Crippen molar-refractivity contribution in [3.63, 3.8) is 0 Å². The van der Waals surface area contributed by atoms with E-state index in [1.165, 1.54) is 13.8 Å². The Hall–Kier alpha value is -2.28. The number of halogens is 2. The van der Waals surface area contributed by atoms with Crippen LogP contribution in [0.4, 0.5) is 5.69 Å². The minimum atomic E-state index is -0.556. The first kappa shape index (κ1) is 21.4. The van der Waals surface area contributed by atoms with Crippen LogP contribution in [-0.2, 0) is 19.1 Å². The highest BCUT2D eigenvalue weighted by Gasteiger charge is 2.24. The van der Waals surface area contributed by atoms with Gasteiger partial charge in [-0.05, 0) is 93.2 Å². The van der Waals surface area contributed by atoms with Crippen molar-refractivity contribution in [3.8, 4) is 5.75 Å². The molecule has 29 heavy (non-hydrogen) atoms. The maximum Gasteiger partial charge on any atom is 0.363 e. The van der Waals surface area contributed by atoms with Gasteiger partial charge >= 0.3 is 11.9 Å². The summed E-state index contributed by atoms with van der Waals surface area (Å²) >= 11 is 4.14. The number of amides is 1. The Labute approximate surface area is 193 Å². The molecule has 1 aliphatic rings. The normalized spacial score (nSPS) is 14.4. The Bertz CT molecular complexity index is 1050. The van der Waals surface area contributed by atoms with Crippen molar-refractivity contribution < 1.29 is 23.9 Å². The second kappa shape index (κ2) is 9.03. The standard InChI is InChI=1S/C20H14I2N2O5/c1-10(25)23-14-5-3-13(4-6-14)19-24-17(20(27)29-19)9-12-7-15(21)18(16(22)8-12)28-11(2)26/h3-9H,1-2H3,(H,23,25)/b17-9-. The van der Waals surface area contributed by atoms with Crippen molar-refractivity contribution in [2.45, 2.75) is 13.8 Å². The molecule has 1 N–H and O–H groups in total. The van der Waals surface area contributed by atoms with Crippen molar-refractivity contribution >= 4 is 80.7 Å². The topological polar surface area (TPSA) is 94.1 Å². The number of carbonyl (C=O) groups is 3. The summed E-state index contributed by atoms with van der Waals surface area (Å²) in [5.74, 6) is -0.448. The lowest BCUT2D eigenvalue weighted by atomic mass is 10.2. The fourth-order valence-electron chi connectivity index (χ4n) is 2.49. The molecular formula is C20H14I2N2O5. The summed E-state index contributed by atoms with van der Waals surface area (Å²) in [6.07, 6.45) is 1.61. The Kier molecular flexibility index (Phi) is 6.67. The van der Waals surface area contributed by atoms with E-state index in [9.17, 15) is 14.4 Å². The lowest BCUT2D eigenvalue weighted by Gasteiger charge is -2.08. The van der Waals surface area contributed by atoms with Crippen molar-refractivity contribution in [1.29, 1.82) is 0 Å². The average Bonchev–Trinajstić information content (AvgIpc) is 2.99. The van der Waals surface area contributed by atoms with Gasteiger partial charge in [0.1, 0.15) is 0 Å². The van der Waals surface area contributed by atoms with Crippen molar-refractivity contribution in [1.82, 2.24) is 0 Å². The fourth-order valence-corrected chi connectivity index (χ4v) is 4.53. The van der Waals surface area contributed by atoms with Crippen LogP contribution in [0.15, 0.2) is 47.1 Å². The first-order valence-corrected chi connectivity index (χ1v) is 10.5. The van der Waals surface area contributed by atoms with Gasteiger partial charge in [-0.3, -0.25) is 9.59 Å². The van der Waals surface area contributed by atoms with Gasteiger partial charge in [-0.1, -0.05) is 0 Å². The average molecular weight is 616 g/mol. The van der Waals surface area contributed by atoms with Gasteiger partial charge in [-0.15, -0.1) is 0 Å². The summed E-state index contributed by atoms with van der Waals surface area (Å²) in [4.78, 5) is 38.8. The van der Waals surface area contributed by atoms with Gasteiger partial charge < -0.3 is 14.8 Å². The Morgan fingerprint density at radius 1 is 1.10 bits per heavy atom. The molecule has 0 saturated carbocycles. The number of nitrogens with zero attached hydrogens (tertiary/aromatic N) is 1. The molecule has 0 aromatic heterocycles. The lowest BCUT2D eigenvalue weighted by molar-refractivity contribution is -0.132. The molecular weight excluding hydrogens is 602 g/mol. The van der Waals surface area contributed by atoms with E-state index in [0.29, 0.717) is 17.0 Å². The van der Waals surface area contributed by atoms with Crippen molar-refractivity contribution in [2.75, 3.05) is 5.32 Å². The van der Waals surface area contributed by atoms with Gasteiger partial charge in [-0.2, -0.15) is 0 Å². The van der Waals surface area contributed by atoms with Crippen LogP contribution in [0.25, 0.3) is 6.08 Å². The number of esters is 2. The van der Waals surface area contributed by atoms with Gasteiger partial charge in [0, 0.05) is 25.1 Å². The van der Waals surface area contributed by atoms with Gasteiger partial charge in [0.05, 0.1) is 7.14 Å². The lowest BCUT2D eigenvalue weighted by Crippen LogP contribution is -2.07. The molecule has 0 radical (unpaired) electrons. The van der Waals surface area contributed by atoms with Crippen LogP contribution in [0.5, 0.6) is 5.75 Å². The van der Waals surface area contributed by atoms with E-state index in [-0.39, 0.29) is 17.5 Å². The van der Waals surface area contributed by atoms with E-state index in [4.69, 9.17) is 9.47 Å². The first-order chi connectivity index (χ1) is 13.7. The maximum absolute atomic E-state index is 12.2. The number of carbonyl (C=O) groups excluding carboxylic acids is 3. The molecule has 2 aromatic carbocycles. The van der Waals surface area contributed by atoms with Crippen molar-refractivity contribution in [3.05, 3.63) is 60.4 Å². The molecule has 0 unspecified atom stereocenters. The Morgan fingerprint density at radius 3 is 2.28 bits per heavy atom. The summed E-state index contributed by atoms with van der Waals surface area (Å²) in [6, 6.07) is 10.4. The third-order valence-corrected chi connectivity index (χ3v) is 5.25. The quantitative estimate of drug-likeness (QED) is 0.242. The highest BCUT2D eigenvalue weighted by molar-refractivity contribution is 14.1. The molecule has 7 nitrogen and oxygen atoms in total. The number of benzene rings is 2. The molecule has 2 aromatic rings. The zero-order valence-electron chi connectivity index (χ0n) is 15.3. The zero-order chi connectivity index (χ0) is 21.1. The number of nitrogens with one attached hydrogen (secondary N) is 1. The second-order valence-electron chi connectivity index (χ2n) is 6.00. The summed E-state index contributed by atoms with van der Waals surface area (Å²) in [5, 5.41) is 2.67. The number of hydrogen-bond donors (Lipinski definition) is 1. The molecule has 1 aliphatic heterocycles. The number of anilines is 1. The van der Waals surface area contributed by atoms with Crippen LogP contribution < -0.4 is 10.1 Å². The number of ether oxygens (including phenoxy) is 2. The first-order valence-electron chi connectivity index (χ1n) is 8.31. The fraction of sp³-hybridized carbons (Fsp3) is 0.100. The molecule has 9 heteroatoms. The van der Waals surface area contributed by atoms with Crippen LogP contribution in [0, 0.1) is 7.14 Å². The molecule has 0 saturated heterocycles. The Morgan fingerprint density at radius 2 is 1.72 bits per heavy atom. The second-order valence-corrected chi connectivity index (χ2v) is 8.33. The molecule has 0 atom stereocenters. The number of cyclic esters (lactones) is 1. The number of rotatable bonds is 4. The molecule has 1 amide bonds. The predicted molar refractivity (Wildman–Crippen MR) is 125 cm³/mol. The maximum atomic E-state index is 12.2. The SMILES string of the molecule is CC(=O)Nc1ccc(C2=N/C(=C\c3cc(I)c(OC(C)=O)c(I)c3)C(=O)O2)cc1. The third kappa shape index (κ3) is 5.41. The molecule has 0 spiro atoms. The molecule has 148 valence electrons. The van der Waals surface area contributed by atoms with Gasteiger partial charge in [0.25, 0.3) is 0 Å². The number of hydrogen-bond acceptors (Lipinski definition) is 6. The number of aliphatic imine (C=N–C) groups is 1. The summed E-state index contributed by atoms with van der Waals surface area (Å²) in [7, 11) is 0. The monoisotopic (exact) mass is 616 g/mol. The van der Waals surface area contributed by atoms with Gasteiger partial charge in [0.2, 0.25) is 11.8 Å². The van der Waals surface area contributed by atoms with Crippen molar-refractivity contribution in [2.24, 2.45) is 4.99 Å². The van der Waals surface area contributed by atoms with Crippen LogP contribution in [0.1, 0.15) is 25.0 Å². The smallest absolute Gasteiger partial charge is 0.363 e. The van der Waals surface area contributed by atoms with Crippen LogP contribution >= 0.6 is 45.2 Å². The Balaban J connectivity index is 1.87. The highest BCUT2D eigenvalue weighted by atomic mass is 127. The van der Waals surface area contributed by atoms with E-state index in [2.05, 4.69) is 55.5 Å². The van der Waals surface area contributed by atoms with E-state index in [0.717, 1.165) is 12.7 Å². The minimum absolute atomic E-state index is 0.165. The summed E-state index contributed by atoms with van der Waals surface area (Å²) in [6.45, 7) is 2.77. The largest absolute Gasteiger partial charge is 0.424 e. The molecule has 3 rings (SSSR count). The van der Waals surface area contributed by atoms with Crippen LogP contribution in [0.2, 0.25) is 0 Å². The summed E-state index contributed by atoms with van der Waals surface area (Å²) in [5.41, 5.74) is 2.15. The molecule has 1 heterocycles. The predicted octanol–water partition coefficient (Wildman–Crippen LogP) is 4.12. The van der Waals surface area contributed by atoms with E-state index in [1.54, 1.807) is 42.5 Å². The summed E-state index contributed by atoms with van der Waals surface area (Å²) < 4.78 is 12.0. The van der Waals surface area contributed by atoms with Gasteiger partial charge in [-0.25, -0.2) is 9.79 Å². The van der Waals surface area contributed by atoms with E-state index in [1.807, 2.05) is 0 Å².